The molecule has 6 nitrogen and oxygen atoms in total. The van der Waals surface area contributed by atoms with Gasteiger partial charge in [-0.3, -0.25) is 9.78 Å². The highest BCUT2D eigenvalue weighted by atomic mass is 32.1. The third-order valence-corrected chi connectivity index (χ3v) is 5.18. The zero-order chi connectivity index (χ0) is 21.3. The second-order valence-corrected chi connectivity index (χ2v) is 7.22. The summed E-state index contributed by atoms with van der Waals surface area (Å²) in [6.07, 6.45) is 5.02. The topological polar surface area (TPSA) is 60.9 Å². The Morgan fingerprint density at radius 3 is 2.40 bits per heavy atom. The van der Waals surface area contributed by atoms with Crippen molar-refractivity contribution >= 4 is 23.3 Å². The molecule has 3 rings (SSSR count). The molecule has 0 aliphatic rings. The van der Waals surface area contributed by atoms with Gasteiger partial charge in [-0.25, -0.2) is 0 Å². The van der Waals surface area contributed by atoms with Crippen LogP contribution in [0.1, 0.15) is 16.8 Å². The number of methoxy groups -OCH3 is 3. The molecule has 3 aromatic rings. The molecule has 0 unspecified atom stereocenters. The number of carbonyl (C=O) groups excluding carboxylic acids is 1. The van der Waals surface area contributed by atoms with Gasteiger partial charge in [0, 0.05) is 18.8 Å². The first-order valence-corrected chi connectivity index (χ1v) is 10.3. The van der Waals surface area contributed by atoms with Crippen molar-refractivity contribution in [2.45, 2.75) is 13.1 Å². The number of nitrogens with zero attached hydrogens (tertiary/aromatic N) is 2. The Morgan fingerprint density at radius 1 is 1.07 bits per heavy atom. The second kappa shape index (κ2) is 10.5. The molecular weight excluding hydrogens is 400 g/mol. The van der Waals surface area contributed by atoms with E-state index in [9.17, 15) is 4.79 Å². The van der Waals surface area contributed by atoms with Gasteiger partial charge in [-0.2, -0.15) is 11.3 Å². The van der Waals surface area contributed by atoms with Crippen molar-refractivity contribution in [3.63, 3.8) is 0 Å². The molecule has 0 saturated carbocycles. The lowest BCUT2D eigenvalue weighted by molar-refractivity contribution is -0.127. The van der Waals surface area contributed by atoms with Crippen LogP contribution >= 0.6 is 11.3 Å². The molecule has 0 bridgehead atoms. The molecule has 2 heterocycles. The average Bonchev–Trinajstić information content (AvgIpc) is 3.30. The van der Waals surface area contributed by atoms with Crippen LogP contribution in [0.2, 0.25) is 0 Å². The maximum Gasteiger partial charge on any atom is 0.247 e. The molecule has 156 valence electrons. The van der Waals surface area contributed by atoms with Gasteiger partial charge in [0.2, 0.25) is 11.7 Å². The lowest BCUT2D eigenvalue weighted by Gasteiger charge is -2.20. The number of benzene rings is 1. The van der Waals surface area contributed by atoms with E-state index in [1.165, 1.54) is 0 Å². The number of hydrogen-bond acceptors (Lipinski definition) is 6. The Hall–Kier alpha value is -3.32. The normalized spacial score (nSPS) is 10.8. The highest BCUT2D eigenvalue weighted by molar-refractivity contribution is 7.07. The molecule has 2 aromatic heterocycles. The predicted molar refractivity (Wildman–Crippen MR) is 118 cm³/mol. The zero-order valence-electron chi connectivity index (χ0n) is 17.2. The Balaban J connectivity index is 1.83. The number of thiophene rings is 1. The van der Waals surface area contributed by atoms with Crippen LogP contribution in [0.5, 0.6) is 17.2 Å². The number of amides is 1. The summed E-state index contributed by atoms with van der Waals surface area (Å²) in [7, 11) is 4.68. The fraction of sp³-hybridized carbons (Fsp3) is 0.217. The van der Waals surface area contributed by atoms with E-state index in [-0.39, 0.29) is 5.91 Å². The van der Waals surface area contributed by atoms with Crippen molar-refractivity contribution in [3.8, 4) is 17.2 Å². The molecule has 0 spiro atoms. The number of aromatic nitrogens is 1. The van der Waals surface area contributed by atoms with E-state index in [1.807, 2.05) is 35.0 Å². The largest absolute Gasteiger partial charge is 0.493 e. The summed E-state index contributed by atoms with van der Waals surface area (Å²) < 4.78 is 16.1. The molecule has 7 heteroatoms. The highest BCUT2D eigenvalue weighted by Gasteiger charge is 2.15. The molecule has 0 aliphatic carbocycles. The van der Waals surface area contributed by atoms with Crippen LogP contribution in [0.25, 0.3) is 6.08 Å². The Bertz CT molecular complexity index is 963. The lowest BCUT2D eigenvalue weighted by Crippen LogP contribution is -2.28. The summed E-state index contributed by atoms with van der Waals surface area (Å²) in [5.41, 5.74) is 2.69. The number of pyridine rings is 1. The van der Waals surface area contributed by atoms with E-state index in [0.29, 0.717) is 30.3 Å². The van der Waals surface area contributed by atoms with Crippen molar-refractivity contribution in [1.82, 2.24) is 9.88 Å². The summed E-state index contributed by atoms with van der Waals surface area (Å²) in [5.74, 6) is 1.47. The number of carbonyl (C=O) groups is 1. The first-order chi connectivity index (χ1) is 14.6. The molecule has 0 radical (unpaired) electrons. The molecule has 0 aliphatic heterocycles. The van der Waals surface area contributed by atoms with E-state index in [0.717, 1.165) is 16.8 Å². The van der Waals surface area contributed by atoms with Crippen LogP contribution in [0.3, 0.4) is 0 Å². The van der Waals surface area contributed by atoms with Crippen LogP contribution in [-0.2, 0) is 17.9 Å². The molecule has 1 aromatic carbocycles. The SMILES string of the molecule is COc1cc(/C=C/C(=O)N(Cc2ccsc2)Cc2ccccn2)cc(OC)c1OC. The third-order valence-electron chi connectivity index (χ3n) is 4.45. The number of hydrogen-bond donors (Lipinski definition) is 0. The fourth-order valence-electron chi connectivity index (χ4n) is 2.97. The lowest BCUT2D eigenvalue weighted by atomic mass is 10.1. The van der Waals surface area contributed by atoms with Crippen LogP contribution < -0.4 is 14.2 Å². The fourth-order valence-corrected chi connectivity index (χ4v) is 3.63. The van der Waals surface area contributed by atoms with E-state index < -0.39 is 0 Å². The van der Waals surface area contributed by atoms with E-state index in [1.54, 1.807) is 68.0 Å². The summed E-state index contributed by atoms with van der Waals surface area (Å²) in [4.78, 5) is 19.1. The first-order valence-electron chi connectivity index (χ1n) is 9.32. The van der Waals surface area contributed by atoms with Gasteiger partial charge >= 0.3 is 0 Å². The molecule has 0 atom stereocenters. The van der Waals surface area contributed by atoms with Crippen molar-refractivity contribution in [1.29, 1.82) is 0 Å². The summed E-state index contributed by atoms with van der Waals surface area (Å²) >= 11 is 1.61. The summed E-state index contributed by atoms with van der Waals surface area (Å²) in [5, 5.41) is 4.05. The van der Waals surface area contributed by atoms with Crippen molar-refractivity contribution < 1.29 is 19.0 Å². The van der Waals surface area contributed by atoms with Gasteiger partial charge in [0.25, 0.3) is 0 Å². The third kappa shape index (κ3) is 5.39. The molecule has 30 heavy (non-hydrogen) atoms. The van der Waals surface area contributed by atoms with Gasteiger partial charge in [0.05, 0.1) is 33.6 Å². The van der Waals surface area contributed by atoms with Gasteiger partial charge in [-0.15, -0.1) is 0 Å². The molecular formula is C23H24N2O4S. The van der Waals surface area contributed by atoms with Crippen LogP contribution in [0.15, 0.2) is 59.4 Å². The summed E-state index contributed by atoms with van der Waals surface area (Å²) in [6.45, 7) is 0.938. The molecule has 1 amide bonds. The van der Waals surface area contributed by atoms with Gasteiger partial charge in [0.1, 0.15) is 0 Å². The maximum absolute atomic E-state index is 13.0. The Kier molecular flexibility index (Phi) is 7.45. The van der Waals surface area contributed by atoms with Crippen LogP contribution in [0, 0.1) is 0 Å². The average molecular weight is 425 g/mol. The second-order valence-electron chi connectivity index (χ2n) is 6.44. The van der Waals surface area contributed by atoms with Crippen LogP contribution in [-0.4, -0.2) is 37.1 Å². The Labute approximate surface area is 180 Å². The monoisotopic (exact) mass is 424 g/mol. The van der Waals surface area contributed by atoms with Crippen molar-refractivity contribution in [2.24, 2.45) is 0 Å². The predicted octanol–water partition coefficient (Wildman–Crippen LogP) is 4.41. The standard InChI is InChI=1S/C23H24N2O4S/c1-27-20-12-17(13-21(28-2)23(20)29-3)7-8-22(26)25(14-18-9-11-30-16-18)15-19-6-4-5-10-24-19/h4-13,16H,14-15H2,1-3H3/b8-7+. The minimum absolute atomic E-state index is 0.111. The van der Waals surface area contributed by atoms with Crippen molar-refractivity contribution in [2.75, 3.05) is 21.3 Å². The molecule has 0 N–H and O–H groups in total. The number of rotatable bonds is 9. The number of ether oxygens (including phenoxy) is 3. The highest BCUT2D eigenvalue weighted by Crippen LogP contribution is 2.38. The minimum Gasteiger partial charge on any atom is -0.493 e. The quantitative estimate of drug-likeness (QED) is 0.476. The molecule has 0 fully saturated rings. The van der Waals surface area contributed by atoms with E-state index >= 15 is 0 Å². The van der Waals surface area contributed by atoms with E-state index in [2.05, 4.69) is 4.98 Å². The van der Waals surface area contributed by atoms with Gasteiger partial charge in [0.15, 0.2) is 11.5 Å². The van der Waals surface area contributed by atoms with Crippen LogP contribution in [0.4, 0.5) is 0 Å². The molecule has 0 saturated heterocycles. The first kappa shape index (κ1) is 21.4. The smallest absolute Gasteiger partial charge is 0.247 e. The van der Waals surface area contributed by atoms with Gasteiger partial charge < -0.3 is 19.1 Å². The van der Waals surface area contributed by atoms with Gasteiger partial charge in [-0.1, -0.05) is 6.07 Å². The zero-order valence-corrected chi connectivity index (χ0v) is 18.0. The summed E-state index contributed by atoms with van der Waals surface area (Å²) in [6, 6.07) is 11.3. The van der Waals surface area contributed by atoms with E-state index in [4.69, 9.17) is 14.2 Å². The van der Waals surface area contributed by atoms with Gasteiger partial charge in [-0.05, 0) is 58.3 Å². The maximum atomic E-state index is 13.0. The minimum atomic E-state index is -0.111. The Morgan fingerprint density at radius 2 is 1.83 bits per heavy atom. The van der Waals surface area contributed by atoms with Crippen molar-refractivity contribution in [3.05, 3.63) is 76.3 Å².